The number of benzene rings is 2. The van der Waals surface area contributed by atoms with Crippen molar-refractivity contribution in [2.24, 2.45) is 0 Å². The van der Waals surface area contributed by atoms with Gasteiger partial charge in [-0.15, -0.1) is 0 Å². The summed E-state index contributed by atoms with van der Waals surface area (Å²) in [7, 11) is 0. The fourth-order valence-corrected chi connectivity index (χ4v) is 3.04. The van der Waals surface area contributed by atoms with Crippen LogP contribution in [0.2, 0.25) is 0 Å². The largest absolute Gasteiger partial charge is 0.373 e. The molecule has 0 heterocycles. The normalized spacial score (nSPS) is 16.8. The molecule has 1 fully saturated rings. The Hall–Kier alpha value is -2.70. The molecule has 1 unspecified atom stereocenters. The maximum absolute atomic E-state index is 12.2. The van der Waals surface area contributed by atoms with Crippen molar-refractivity contribution in [2.45, 2.75) is 52.1 Å². The maximum Gasteiger partial charge on any atom is 0.373 e. The van der Waals surface area contributed by atoms with Crippen molar-refractivity contribution in [2.75, 3.05) is 0 Å². The second-order valence-corrected chi connectivity index (χ2v) is 7.04. The first kappa shape index (κ1) is 22.0. The van der Waals surface area contributed by atoms with E-state index in [0.717, 1.165) is 30.4 Å². The molecule has 2 aromatic rings. The van der Waals surface area contributed by atoms with Crippen molar-refractivity contribution >= 4 is 11.9 Å². The summed E-state index contributed by atoms with van der Waals surface area (Å²) in [4.78, 5) is 44.9. The van der Waals surface area contributed by atoms with Crippen LogP contribution in [0.5, 0.6) is 0 Å². The van der Waals surface area contributed by atoms with Crippen LogP contribution in [0.3, 0.4) is 0 Å². The Balaban J connectivity index is 1.51. The van der Waals surface area contributed by atoms with E-state index < -0.39 is 18.0 Å². The highest BCUT2D eigenvalue weighted by Crippen LogP contribution is 2.30. The Morgan fingerprint density at radius 2 is 1.37 bits per heavy atom. The molecule has 0 amide bonds. The molecular weight excluding hydrogens is 384 g/mol. The van der Waals surface area contributed by atoms with Crippen LogP contribution >= 0.6 is 0 Å². The highest BCUT2D eigenvalue weighted by molar-refractivity contribution is 5.89. The minimum absolute atomic E-state index is 0.398. The quantitative estimate of drug-likeness (QED) is 0.452. The van der Waals surface area contributed by atoms with E-state index in [9.17, 15) is 9.59 Å². The molecule has 0 bridgehead atoms. The van der Waals surface area contributed by atoms with Crippen LogP contribution in [-0.2, 0) is 32.4 Å². The van der Waals surface area contributed by atoms with E-state index in [2.05, 4.69) is 0 Å². The van der Waals surface area contributed by atoms with Crippen LogP contribution < -0.4 is 0 Å². The molecule has 0 saturated heterocycles. The van der Waals surface area contributed by atoms with Gasteiger partial charge < -0.3 is 0 Å². The Kier molecular flexibility index (Phi) is 7.99. The Bertz CT molecular complexity index is 756. The summed E-state index contributed by atoms with van der Waals surface area (Å²) in [5.41, 5.74) is 3.06. The molecule has 6 nitrogen and oxygen atoms in total. The molecule has 6 heteroatoms. The van der Waals surface area contributed by atoms with Gasteiger partial charge in [0.25, 0.3) is 0 Å². The summed E-state index contributed by atoms with van der Waals surface area (Å²) >= 11 is 0. The van der Waals surface area contributed by atoms with Gasteiger partial charge in [0.1, 0.15) is 6.10 Å². The van der Waals surface area contributed by atoms with E-state index in [-0.39, 0.29) is 0 Å². The zero-order valence-corrected chi connectivity index (χ0v) is 17.3. The van der Waals surface area contributed by atoms with E-state index in [1.54, 1.807) is 24.3 Å². The number of carbonyl (C=O) groups is 2. The smallest absolute Gasteiger partial charge is 0.292 e. The zero-order chi connectivity index (χ0) is 21.3. The molecule has 1 atom stereocenters. The average Bonchev–Trinajstić information content (AvgIpc) is 2.81. The Morgan fingerprint density at radius 3 is 1.90 bits per heavy atom. The summed E-state index contributed by atoms with van der Waals surface area (Å²) in [6, 6.07) is 14.3. The monoisotopic (exact) mass is 410 g/mol. The molecule has 0 N–H and O–H groups in total. The zero-order valence-electron chi connectivity index (χ0n) is 17.3. The van der Waals surface area contributed by atoms with Crippen molar-refractivity contribution in [1.29, 1.82) is 0 Å². The van der Waals surface area contributed by atoms with Gasteiger partial charge in [-0.2, -0.15) is 9.78 Å². The first-order valence-corrected chi connectivity index (χ1v) is 10.2. The third kappa shape index (κ3) is 5.90. The number of hydrogen-bond donors (Lipinski definition) is 0. The van der Waals surface area contributed by atoms with Crippen molar-refractivity contribution in [1.82, 2.24) is 0 Å². The third-order valence-electron chi connectivity index (χ3n) is 4.99. The summed E-state index contributed by atoms with van der Waals surface area (Å²) in [5.74, 6) is -1.18. The van der Waals surface area contributed by atoms with Gasteiger partial charge in [-0.3, -0.25) is 9.78 Å². The van der Waals surface area contributed by atoms with Crippen LogP contribution in [0.15, 0.2) is 48.5 Å². The van der Waals surface area contributed by atoms with Crippen molar-refractivity contribution < 1.29 is 29.1 Å². The van der Waals surface area contributed by atoms with Gasteiger partial charge in [-0.1, -0.05) is 38.1 Å². The highest BCUT2D eigenvalue weighted by atomic mass is 17.2. The molecule has 1 aliphatic carbocycles. The predicted molar refractivity (Wildman–Crippen MR) is 110 cm³/mol. The SMILES string of the molecule is CCc1ccc(C(=O)OO[C]2CC[CH]CC2OOC(=O)c2ccc(CC)cc2)cc1. The van der Waals surface area contributed by atoms with Gasteiger partial charge in [0.2, 0.25) is 0 Å². The molecule has 3 rings (SSSR count). The lowest BCUT2D eigenvalue weighted by Crippen LogP contribution is -2.30. The van der Waals surface area contributed by atoms with E-state index in [1.165, 1.54) is 0 Å². The molecule has 2 aromatic carbocycles. The molecular formula is C24H26O6. The van der Waals surface area contributed by atoms with Crippen LogP contribution in [0, 0.1) is 12.5 Å². The Labute approximate surface area is 176 Å². The van der Waals surface area contributed by atoms with Crippen LogP contribution in [-0.4, -0.2) is 18.0 Å². The molecule has 1 saturated carbocycles. The number of hydrogen-bond acceptors (Lipinski definition) is 6. The fraction of sp³-hybridized carbons (Fsp3) is 0.333. The van der Waals surface area contributed by atoms with Gasteiger partial charge in [0, 0.05) is 0 Å². The van der Waals surface area contributed by atoms with Crippen LogP contribution in [0.1, 0.15) is 65.0 Å². The molecule has 0 spiro atoms. The predicted octanol–water partition coefficient (Wildman–Crippen LogP) is 4.98. The minimum Gasteiger partial charge on any atom is -0.292 e. The lowest BCUT2D eigenvalue weighted by molar-refractivity contribution is -0.317. The van der Waals surface area contributed by atoms with Gasteiger partial charge in [0.15, 0.2) is 6.10 Å². The first-order valence-electron chi connectivity index (χ1n) is 10.2. The molecule has 2 radical (unpaired) electrons. The highest BCUT2D eigenvalue weighted by Gasteiger charge is 2.33. The average molecular weight is 410 g/mol. The lowest BCUT2D eigenvalue weighted by Gasteiger charge is -2.26. The van der Waals surface area contributed by atoms with Gasteiger partial charge >= 0.3 is 11.9 Å². The van der Waals surface area contributed by atoms with Gasteiger partial charge in [0.05, 0.1) is 11.1 Å². The van der Waals surface area contributed by atoms with E-state index >= 15 is 0 Å². The summed E-state index contributed by atoms with van der Waals surface area (Å²) in [6.45, 7) is 4.08. The van der Waals surface area contributed by atoms with E-state index in [1.807, 2.05) is 44.5 Å². The van der Waals surface area contributed by atoms with E-state index in [4.69, 9.17) is 19.6 Å². The topological polar surface area (TPSA) is 71.1 Å². The second kappa shape index (κ2) is 10.9. The van der Waals surface area contributed by atoms with E-state index in [0.29, 0.717) is 30.1 Å². The van der Waals surface area contributed by atoms with Gasteiger partial charge in [-0.25, -0.2) is 9.59 Å². The van der Waals surface area contributed by atoms with Crippen molar-refractivity contribution in [3.63, 3.8) is 0 Å². The fourth-order valence-electron chi connectivity index (χ4n) is 3.04. The lowest BCUT2D eigenvalue weighted by atomic mass is 9.95. The number of rotatable bonds is 8. The number of aryl methyl sites for hydroxylation is 2. The van der Waals surface area contributed by atoms with Crippen LogP contribution in [0.4, 0.5) is 0 Å². The first-order chi connectivity index (χ1) is 14.6. The molecule has 1 aliphatic rings. The van der Waals surface area contributed by atoms with Crippen molar-refractivity contribution in [3.05, 3.63) is 83.3 Å². The molecule has 0 aromatic heterocycles. The summed E-state index contributed by atoms with van der Waals surface area (Å²) in [5, 5.41) is 0. The van der Waals surface area contributed by atoms with Gasteiger partial charge in [-0.05, 0) is 73.9 Å². The molecule has 30 heavy (non-hydrogen) atoms. The second-order valence-electron chi connectivity index (χ2n) is 7.04. The maximum atomic E-state index is 12.2. The summed E-state index contributed by atoms with van der Waals surface area (Å²) in [6.07, 6.45) is 5.31. The van der Waals surface area contributed by atoms with Crippen molar-refractivity contribution in [3.8, 4) is 0 Å². The van der Waals surface area contributed by atoms with Crippen LogP contribution in [0.25, 0.3) is 0 Å². The minimum atomic E-state index is -0.632. The summed E-state index contributed by atoms with van der Waals surface area (Å²) < 4.78 is 0. The molecule has 158 valence electrons. The number of carbonyl (C=O) groups excluding carboxylic acids is 2. The molecule has 0 aliphatic heterocycles. The standard InChI is InChI=1S/C24H26O6/c1-3-17-9-13-19(14-10-17)23(25)29-27-21-7-5-6-8-22(21)28-30-24(26)20-15-11-18(4-2)12-16-20/h5,9-16,21H,3-4,6-8H2,1-2H3. The third-order valence-corrected chi connectivity index (χ3v) is 4.99. The Morgan fingerprint density at radius 1 is 0.833 bits per heavy atom.